The topological polar surface area (TPSA) is 30.5 Å². The van der Waals surface area contributed by atoms with E-state index < -0.39 is 0 Å². The van der Waals surface area contributed by atoms with Crippen LogP contribution in [0.3, 0.4) is 0 Å². The van der Waals surface area contributed by atoms with Gasteiger partial charge < -0.3 is 14.8 Å². The monoisotopic (exact) mass is 287 g/mol. The first-order valence-corrected chi connectivity index (χ1v) is 8.92. The van der Waals surface area contributed by atoms with Gasteiger partial charge in [0.2, 0.25) is 0 Å². The largest absolute Gasteiger partial charge is 0.382 e. The summed E-state index contributed by atoms with van der Waals surface area (Å²) in [6, 6.07) is 0.631. The molecule has 0 bridgehead atoms. The zero-order valence-electron chi connectivity index (χ0n) is 12.5. The van der Waals surface area contributed by atoms with E-state index in [4.69, 9.17) is 9.47 Å². The molecule has 2 saturated heterocycles. The fourth-order valence-electron chi connectivity index (χ4n) is 3.44. The molecule has 2 aliphatic rings. The molecule has 1 spiro atoms. The van der Waals surface area contributed by atoms with Crippen molar-refractivity contribution < 1.29 is 9.47 Å². The molecule has 1 N–H and O–H groups in total. The zero-order valence-corrected chi connectivity index (χ0v) is 13.3. The maximum Gasteiger partial charge on any atom is 0.0783 e. The molecule has 112 valence electrons. The lowest BCUT2D eigenvalue weighted by molar-refractivity contribution is -0.0854. The van der Waals surface area contributed by atoms with E-state index in [1.807, 2.05) is 0 Å². The van der Waals surface area contributed by atoms with Gasteiger partial charge in [0.05, 0.1) is 5.60 Å². The van der Waals surface area contributed by atoms with Gasteiger partial charge in [-0.05, 0) is 57.7 Å². The Bertz CT molecular complexity index is 257. The van der Waals surface area contributed by atoms with Gasteiger partial charge in [-0.1, -0.05) is 0 Å². The van der Waals surface area contributed by atoms with E-state index in [1.165, 1.54) is 43.6 Å². The van der Waals surface area contributed by atoms with Gasteiger partial charge in [-0.2, -0.15) is 11.8 Å². The molecular formula is C15H29NO2S. The smallest absolute Gasteiger partial charge is 0.0783 e. The van der Waals surface area contributed by atoms with Gasteiger partial charge in [-0.25, -0.2) is 0 Å². The molecule has 19 heavy (non-hydrogen) atoms. The number of hydrogen-bond donors (Lipinski definition) is 1. The lowest BCUT2D eigenvalue weighted by atomic mass is 9.80. The van der Waals surface area contributed by atoms with Crippen molar-refractivity contribution in [3.63, 3.8) is 0 Å². The second-order valence-corrected chi connectivity index (χ2v) is 6.93. The van der Waals surface area contributed by atoms with Gasteiger partial charge in [0, 0.05) is 31.6 Å². The van der Waals surface area contributed by atoms with Crippen LogP contribution in [0.5, 0.6) is 0 Å². The zero-order chi connectivity index (χ0) is 13.6. The minimum absolute atomic E-state index is 0.211. The van der Waals surface area contributed by atoms with Crippen LogP contribution in [0.2, 0.25) is 0 Å². The highest BCUT2D eigenvalue weighted by atomic mass is 32.2. The summed E-state index contributed by atoms with van der Waals surface area (Å²) >= 11 is 2.06. The number of ether oxygens (including phenoxy) is 2. The summed E-state index contributed by atoms with van der Waals surface area (Å²) in [4.78, 5) is 0. The average molecular weight is 287 g/mol. The van der Waals surface area contributed by atoms with E-state index in [0.717, 1.165) is 25.7 Å². The third-order valence-corrected chi connectivity index (χ3v) is 5.77. The summed E-state index contributed by atoms with van der Waals surface area (Å²) in [5, 5.41) is 3.54. The Hall–Kier alpha value is 0.230. The van der Waals surface area contributed by atoms with E-state index in [-0.39, 0.29) is 5.60 Å². The van der Waals surface area contributed by atoms with Crippen molar-refractivity contribution in [1.82, 2.24) is 5.32 Å². The van der Waals surface area contributed by atoms with Crippen molar-refractivity contribution in [2.45, 2.75) is 50.7 Å². The van der Waals surface area contributed by atoms with Gasteiger partial charge in [-0.3, -0.25) is 0 Å². The van der Waals surface area contributed by atoms with Crippen LogP contribution in [0.15, 0.2) is 0 Å². The van der Waals surface area contributed by atoms with Crippen LogP contribution in [0, 0.1) is 5.92 Å². The van der Waals surface area contributed by atoms with Crippen molar-refractivity contribution in [1.29, 1.82) is 0 Å². The second kappa shape index (κ2) is 7.87. The summed E-state index contributed by atoms with van der Waals surface area (Å²) in [6.07, 6.45) is 6.11. The van der Waals surface area contributed by atoms with Crippen LogP contribution >= 0.6 is 11.8 Å². The van der Waals surface area contributed by atoms with Crippen LogP contribution in [-0.2, 0) is 9.47 Å². The second-order valence-electron chi connectivity index (χ2n) is 5.82. The predicted octanol–water partition coefficient (Wildman–Crippen LogP) is 2.69. The van der Waals surface area contributed by atoms with E-state index >= 15 is 0 Å². The van der Waals surface area contributed by atoms with Gasteiger partial charge in [-0.15, -0.1) is 0 Å². The Morgan fingerprint density at radius 2 is 2.42 bits per heavy atom. The first kappa shape index (κ1) is 15.6. The van der Waals surface area contributed by atoms with Crippen LogP contribution in [-0.4, -0.2) is 50.0 Å². The van der Waals surface area contributed by atoms with Crippen LogP contribution in [0.1, 0.15) is 39.0 Å². The first-order valence-electron chi connectivity index (χ1n) is 7.76. The summed E-state index contributed by atoms with van der Waals surface area (Å²) in [6.45, 7) is 4.76. The molecule has 3 unspecified atom stereocenters. The van der Waals surface area contributed by atoms with E-state index in [9.17, 15) is 0 Å². The molecular weight excluding hydrogens is 258 g/mol. The number of hydrogen-bond acceptors (Lipinski definition) is 4. The molecule has 2 fully saturated rings. The molecule has 0 aliphatic carbocycles. The highest BCUT2D eigenvalue weighted by Gasteiger charge is 2.42. The van der Waals surface area contributed by atoms with Crippen molar-refractivity contribution in [2.24, 2.45) is 5.92 Å². The molecule has 4 heteroatoms. The molecule has 2 heterocycles. The van der Waals surface area contributed by atoms with Gasteiger partial charge >= 0.3 is 0 Å². The normalized spacial score (nSPS) is 32.8. The van der Waals surface area contributed by atoms with Crippen molar-refractivity contribution >= 4 is 11.8 Å². The standard InChI is InChI=1S/C15H29NO2S/c1-3-17-8-4-5-14(16-2)13-6-9-18-15(11-13)7-10-19-12-15/h13-14,16H,3-12H2,1-2H3. The lowest BCUT2D eigenvalue weighted by Gasteiger charge is -2.41. The number of nitrogens with one attached hydrogen (secondary N) is 1. The SMILES string of the molecule is CCOCCCC(NC)C1CCOC2(CCSC2)C1. The van der Waals surface area contributed by atoms with E-state index in [2.05, 4.69) is 31.1 Å². The van der Waals surface area contributed by atoms with Crippen molar-refractivity contribution in [2.75, 3.05) is 38.4 Å². The average Bonchev–Trinajstić information content (AvgIpc) is 2.87. The molecule has 0 amide bonds. The minimum atomic E-state index is 0.211. The molecule has 0 radical (unpaired) electrons. The van der Waals surface area contributed by atoms with Gasteiger partial charge in [0.25, 0.3) is 0 Å². The molecule has 0 aromatic carbocycles. The Balaban J connectivity index is 1.80. The fraction of sp³-hybridized carbons (Fsp3) is 1.00. The molecule has 3 nitrogen and oxygen atoms in total. The van der Waals surface area contributed by atoms with Gasteiger partial charge in [0.15, 0.2) is 0 Å². The Labute approximate surface area is 122 Å². The maximum atomic E-state index is 6.12. The third kappa shape index (κ3) is 4.35. The number of rotatable bonds is 7. The molecule has 2 rings (SSSR count). The Kier molecular flexibility index (Phi) is 6.46. The molecule has 0 aromatic heterocycles. The lowest BCUT2D eigenvalue weighted by Crippen LogP contribution is -2.46. The van der Waals surface area contributed by atoms with Crippen molar-refractivity contribution in [3.05, 3.63) is 0 Å². The summed E-state index contributed by atoms with van der Waals surface area (Å²) in [7, 11) is 2.11. The predicted molar refractivity (Wildman–Crippen MR) is 81.9 cm³/mol. The highest BCUT2D eigenvalue weighted by molar-refractivity contribution is 7.99. The highest BCUT2D eigenvalue weighted by Crippen LogP contribution is 2.41. The van der Waals surface area contributed by atoms with E-state index in [1.54, 1.807) is 0 Å². The Morgan fingerprint density at radius 1 is 1.53 bits per heavy atom. The molecule has 2 aliphatic heterocycles. The van der Waals surface area contributed by atoms with Crippen LogP contribution in [0.25, 0.3) is 0 Å². The minimum Gasteiger partial charge on any atom is -0.382 e. The fourth-order valence-corrected chi connectivity index (χ4v) is 4.82. The van der Waals surface area contributed by atoms with Crippen LogP contribution < -0.4 is 5.32 Å². The molecule has 0 aromatic rings. The molecule has 0 saturated carbocycles. The molecule has 3 atom stereocenters. The summed E-state index contributed by atoms with van der Waals surface area (Å²) in [5.74, 6) is 3.26. The summed E-state index contributed by atoms with van der Waals surface area (Å²) in [5.41, 5.74) is 0.211. The van der Waals surface area contributed by atoms with Gasteiger partial charge in [0.1, 0.15) is 0 Å². The third-order valence-electron chi connectivity index (χ3n) is 4.55. The van der Waals surface area contributed by atoms with Crippen molar-refractivity contribution in [3.8, 4) is 0 Å². The van der Waals surface area contributed by atoms with Crippen LogP contribution in [0.4, 0.5) is 0 Å². The summed E-state index contributed by atoms with van der Waals surface area (Å²) < 4.78 is 11.6. The van der Waals surface area contributed by atoms with E-state index in [0.29, 0.717) is 6.04 Å². The Morgan fingerprint density at radius 3 is 3.11 bits per heavy atom. The number of thioether (sulfide) groups is 1. The quantitative estimate of drug-likeness (QED) is 0.729. The first-order chi connectivity index (χ1) is 9.29. The maximum absolute atomic E-state index is 6.12.